The number of esters is 1. The first kappa shape index (κ1) is 33.2. The second-order valence-electron chi connectivity index (χ2n) is 11.7. The zero-order valence-electron chi connectivity index (χ0n) is 25.2. The number of aromatic nitrogens is 3. The number of benzene rings is 1. The number of imide groups is 1. The largest absolute Gasteiger partial charge is 0.491 e. The Bertz CT molecular complexity index is 1720. The van der Waals surface area contributed by atoms with Crippen LogP contribution in [0.15, 0.2) is 43.0 Å². The van der Waals surface area contributed by atoms with Gasteiger partial charge in [-0.15, -0.1) is 0 Å². The van der Waals surface area contributed by atoms with Crippen molar-refractivity contribution in [3.05, 3.63) is 48.5 Å². The van der Waals surface area contributed by atoms with Crippen molar-refractivity contribution < 1.29 is 54.9 Å². The van der Waals surface area contributed by atoms with Gasteiger partial charge in [0.25, 0.3) is 12.1 Å². The number of likely N-dealkylation sites (tertiary alicyclic amines) is 1. The van der Waals surface area contributed by atoms with Crippen molar-refractivity contribution in [2.45, 2.75) is 68.9 Å². The Hall–Kier alpha value is -4.74. The maximum absolute atomic E-state index is 13.5. The number of ether oxygens (including phenoxy) is 3. The predicted molar refractivity (Wildman–Crippen MR) is 153 cm³/mol. The maximum atomic E-state index is 13.5. The van der Waals surface area contributed by atoms with Crippen molar-refractivity contribution in [2.75, 3.05) is 25.0 Å². The molecule has 1 aliphatic carbocycles. The van der Waals surface area contributed by atoms with E-state index in [4.69, 9.17) is 9.47 Å². The van der Waals surface area contributed by atoms with Gasteiger partial charge >= 0.3 is 24.4 Å². The lowest BCUT2D eigenvalue weighted by molar-refractivity contribution is -0.204. The second-order valence-corrected chi connectivity index (χ2v) is 11.7. The smallest absolute Gasteiger partial charge is 0.489 e. The van der Waals surface area contributed by atoms with Gasteiger partial charge < -0.3 is 19.1 Å². The standard InChI is InChI=1S/C30H28F6N6O6/c1-40-9-8-21(14-40)46-20-6-7-22-23(11-20)38-15-39-24(22)47-19-4-2-17(3-5-19)41-25(43)26(48-27(44)30(34,35)36)42(28(41)45)18-10-16(12-37-13-18)29(31,32)33/h6-7,10-13,15,17,19,21,26H,2-5,8-9,14H2,1H3. The van der Waals surface area contributed by atoms with Gasteiger partial charge in [-0.05, 0) is 57.4 Å². The van der Waals surface area contributed by atoms with E-state index >= 15 is 0 Å². The van der Waals surface area contributed by atoms with E-state index in [9.17, 15) is 40.7 Å². The second kappa shape index (κ2) is 12.7. The Balaban J connectivity index is 1.16. The van der Waals surface area contributed by atoms with Gasteiger partial charge in [0.05, 0.1) is 28.4 Å². The molecule has 3 aromatic rings. The van der Waals surface area contributed by atoms with Crippen molar-refractivity contribution in [1.29, 1.82) is 0 Å². The number of amides is 3. The molecule has 2 aliphatic heterocycles. The molecule has 2 atom stereocenters. The lowest BCUT2D eigenvalue weighted by Crippen LogP contribution is -2.44. The summed E-state index contributed by atoms with van der Waals surface area (Å²) in [7, 11) is 2.02. The number of carbonyl (C=O) groups is 3. The molecule has 0 bridgehead atoms. The van der Waals surface area contributed by atoms with Crippen LogP contribution in [0, 0.1) is 0 Å². The first-order valence-corrected chi connectivity index (χ1v) is 14.9. The van der Waals surface area contributed by atoms with Crippen LogP contribution in [0.1, 0.15) is 37.7 Å². The molecule has 1 aromatic carbocycles. The van der Waals surface area contributed by atoms with Gasteiger partial charge in [-0.2, -0.15) is 26.3 Å². The minimum Gasteiger partial charge on any atom is -0.489 e. The summed E-state index contributed by atoms with van der Waals surface area (Å²) in [5.41, 5.74) is -1.42. The highest BCUT2D eigenvalue weighted by atomic mass is 19.4. The summed E-state index contributed by atoms with van der Waals surface area (Å²) in [6.07, 6.45) is -9.08. The molecule has 2 aromatic heterocycles. The molecule has 0 spiro atoms. The Morgan fingerprint density at radius 1 is 0.896 bits per heavy atom. The number of likely N-dealkylation sites (N-methyl/N-ethyl adjacent to an activating group) is 1. The lowest BCUT2D eigenvalue weighted by atomic mass is 9.92. The molecule has 2 unspecified atom stereocenters. The zero-order chi connectivity index (χ0) is 34.4. The number of carbonyl (C=O) groups excluding carboxylic acids is 3. The van der Waals surface area contributed by atoms with Crippen LogP contribution in [0.5, 0.6) is 11.6 Å². The fourth-order valence-electron chi connectivity index (χ4n) is 6.05. The molecule has 4 heterocycles. The minimum absolute atomic E-state index is 0.0651. The summed E-state index contributed by atoms with van der Waals surface area (Å²) in [5, 5.41) is 0.625. The number of rotatable bonds is 7. The molecule has 0 radical (unpaired) electrons. The monoisotopic (exact) mass is 682 g/mol. The summed E-state index contributed by atoms with van der Waals surface area (Å²) >= 11 is 0. The third-order valence-electron chi connectivity index (χ3n) is 8.38. The number of nitrogens with zero attached hydrogens (tertiary/aromatic N) is 6. The van der Waals surface area contributed by atoms with Crippen molar-refractivity contribution in [2.24, 2.45) is 0 Å². The highest BCUT2D eigenvalue weighted by Gasteiger charge is 2.54. The van der Waals surface area contributed by atoms with Crippen LogP contribution in [-0.2, 0) is 20.5 Å². The van der Waals surface area contributed by atoms with Crippen LogP contribution in [0.3, 0.4) is 0 Å². The molecule has 0 N–H and O–H groups in total. The summed E-state index contributed by atoms with van der Waals surface area (Å²) < 4.78 is 95.9. The fraction of sp³-hybridized carbons (Fsp3) is 0.467. The van der Waals surface area contributed by atoms with Gasteiger partial charge in [0, 0.05) is 31.4 Å². The minimum atomic E-state index is -5.55. The molecule has 3 aliphatic rings. The van der Waals surface area contributed by atoms with E-state index in [0.29, 0.717) is 39.7 Å². The topological polar surface area (TPSA) is 127 Å². The Kier molecular flexibility index (Phi) is 8.78. The van der Waals surface area contributed by atoms with Crippen molar-refractivity contribution in [3.8, 4) is 11.6 Å². The first-order valence-electron chi connectivity index (χ1n) is 14.9. The van der Waals surface area contributed by atoms with E-state index in [1.54, 1.807) is 18.2 Å². The van der Waals surface area contributed by atoms with E-state index in [2.05, 4.69) is 24.6 Å². The number of fused-ring (bicyclic) bond motifs is 1. The number of anilines is 1. The van der Waals surface area contributed by atoms with Gasteiger partial charge in [-0.3, -0.25) is 14.7 Å². The van der Waals surface area contributed by atoms with Crippen molar-refractivity contribution >= 4 is 34.5 Å². The zero-order valence-corrected chi connectivity index (χ0v) is 25.2. The first-order chi connectivity index (χ1) is 22.7. The molecular formula is C30H28F6N6O6. The lowest BCUT2D eigenvalue weighted by Gasteiger charge is -2.33. The molecule has 256 valence electrons. The average Bonchev–Trinajstić information content (AvgIpc) is 3.55. The molecule has 18 heteroatoms. The number of hydrogen-bond acceptors (Lipinski definition) is 10. The third kappa shape index (κ3) is 6.79. The molecule has 3 amide bonds. The summed E-state index contributed by atoms with van der Waals surface area (Å²) in [6.45, 7) is 1.76. The highest BCUT2D eigenvalue weighted by molar-refractivity contribution is 6.14. The SMILES string of the molecule is CN1CCC(Oc2ccc3c(OC4CCC(N5C(=O)C(OC(=O)C(F)(F)F)N(c6cncc(C(F)(F)F)c6)C5=O)CC4)ncnc3c2)C1. The van der Waals surface area contributed by atoms with E-state index in [0.717, 1.165) is 25.7 Å². The van der Waals surface area contributed by atoms with Crippen LogP contribution in [0.2, 0.25) is 0 Å². The average molecular weight is 683 g/mol. The molecule has 48 heavy (non-hydrogen) atoms. The van der Waals surface area contributed by atoms with Crippen molar-refractivity contribution in [1.82, 2.24) is 24.8 Å². The summed E-state index contributed by atoms with van der Waals surface area (Å²) in [6, 6.07) is 3.66. The van der Waals surface area contributed by atoms with Gasteiger partial charge in [-0.25, -0.2) is 24.5 Å². The van der Waals surface area contributed by atoms with Gasteiger partial charge in [0.1, 0.15) is 24.3 Å². The van der Waals surface area contributed by atoms with Gasteiger partial charge in [0.2, 0.25) is 5.88 Å². The Morgan fingerprint density at radius 2 is 1.65 bits per heavy atom. The van der Waals surface area contributed by atoms with E-state index < -0.39 is 59.9 Å². The quantitative estimate of drug-likeness (QED) is 0.196. The van der Waals surface area contributed by atoms with E-state index in [1.165, 1.54) is 6.33 Å². The highest BCUT2D eigenvalue weighted by Crippen LogP contribution is 2.37. The summed E-state index contributed by atoms with van der Waals surface area (Å²) in [4.78, 5) is 53.6. The predicted octanol–water partition coefficient (Wildman–Crippen LogP) is 4.72. The molecule has 1 saturated carbocycles. The summed E-state index contributed by atoms with van der Waals surface area (Å²) in [5.74, 6) is -3.17. The third-order valence-corrected chi connectivity index (χ3v) is 8.38. The number of hydrogen-bond donors (Lipinski definition) is 0. The van der Waals surface area contributed by atoms with Crippen LogP contribution in [0.4, 0.5) is 36.8 Å². The van der Waals surface area contributed by atoms with Crippen LogP contribution in [-0.4, -0.2) is 93.5 Å². The van der Waals surface area contributed by atoms with Crippen molar-refractivity contribution in [3.63, 3.8) is 0 Å². The number of pyridine rings is 1. The number of halogens is 6. The normalized spacial score (nSPS) is 24.0. The molecular weight excluding hydrogens is 654 g/mol. The van der Waals surface area contributed by atoms with E-state index in [1.807, 2.05) is 7.05 Å². The number of alkyl halides is 6. The molecule has 6 rings (SSSR count). The van der Waals surface area contributed by atoms with Crippen LogP contribution < -0.4 is 14.4 Å². The van der Waals surface area contributed by atoms with E-state index in [-0.39, 0.29) is 36.7 Å². The van der Waals surface area contributed by atoms with Crippen LogP contribution >= 0.6 is 0 Å². The fourth-order valence-corrected chi connectivity index (χ4v) is 6.05. The Labute approximate surface area is 268 Å². The van der Waals surface area contributed by atoms with Gasteiger partial charge in [0.15, 0.2) is 0 Å². The Morgan fingerprint density at radius 3 is 2.31 bits per heavy atom. The van der Waals surface area contributed by atoms with Crippen LogP contribution in [0.25, 0.3) is 10.9 Å². The van der Waals surface area contributed by atoms with Gasteiger partial charge in [-0.1, -0.05) is 0 Å². The molecule has 2 saturated heterocycles. The number of urea groups is 1. The molecule has 12 nitrogen and oxygen atoms in total. The molecule has 3 fully saturated rings. The maximum Gasteiger partial charge on any atom is 0.491 e.